The van der Waals surface area contributed by atoms with E-state index in [1.807, 2.05) is 0 Å². The fourth-order valence-electron chi connectivity index (χ4n) is 2.73. The first-order chi connectivity index (χ1) is 11.6. The molecule has 7 nitrogen and oxygen atoms in total. The number of halogens is 1. The van der Waals surface area contributed by atoms with E-state index in [4.69, 9.17) is 4.74 Å². The summed E-state index contributed by atoms with van der Waals surface area (Å²) in [5, 5.41) is 2.85. The minimum Gasteiger partial charge on any atom is -1.00 e. The maximum absolute atomic E-state index is 12.7. The standard InChI is InChI=1S/C17H27N3O4S.HI/c1-19-15(17(21)18-11-8-12-20(2,3)4)16(24-5)13-9-6-7-10-14(13)25(19,22)23;/h6-7,9-10H,8,11-12H2,1-5H3,(H2-,18,21,22,23);1H. The molecule has 0 unspecified atom stereocenters. The van der Waals surface area contributed by atoms with Crippen molar-refractivity contribution in [2.75, 3.05) is 48.4 Å². The van der Waals surface area contributed by atoms with Crippen molar-refractivity contribution < 1.29 is 47.1 Å². The number of ether oxygens (including phenoxy) is 1. The van der Waals surface area contributed by atoms with E-state index < -0.39 is 10.8 Å². The molecule has 0 atom stereocenters. The van der Waals surface area contributed by atoms with Gasteiger partial charge >= 0.3 is 0 Å². The molecule has 0 radical (unpaired) electrons. The van der Waals surface area contributed by atoms with Gasteiger partial charge in [-0.15, -0.1) is 0 Å². The van der Waals surface area contributed by atoms with Crippen LogP contribution in [-0.4, -0.2) is 72.2 Å². The zero-order valence-electron chi connectivity index (χ0n) is 15.8. The summed E-state index contributed by atoms with van der Waals surface area (Å²) in [4.78, 5) is 13.1. The number of nitrogens with zero attached hydrogens (tertiary/aromatic N) is 2. The van der Waals surface area contributed by atoms with Crippen molar-refractivity contribution in [3.05, 3.63) is 35.5 Å². The van der Waals surface area contributed by atoms with Gasteiger partial charge in [0.15, 0.2) is 11.5 Å². The highest BCUT2D eigenvalue weighted by Crippen LogP contribution is 2.58. The van der Waals surface area contributed by atoms with Crippen LogP contribution in [0.2, 0.25) is 0 Å². The first kappa shape index (κ1) is 23.0. The minimum absolute atomic E-state index is 0. The van der Waals surface area contributed by atoms with Gasteiger partial charge in [0.05, 0.1) is 39.7 Å². The maximum Gasteiger partial charge on any atom is 0.273 e. The predicted molar refractivity (Wildman–Crippen MR) is 99.8 cm³/mol. The van der Waals surface area contributed by atoms with Crippen molar-refractivity contribution in [1.82, 2.24) is 9.62 Å². The van der Waals surface area contributed by atoms with Crippen LogP contribution in [0.15, 0.2) is 34.9 Å². The topological polar surface area (TPSA) is 82.0 Å². The Labute approximate surface area is 174 Å². The fraction of sp³-hybridized carbons (Fsp3) is 0.471. The third-order valence-corrected chi connectivity index (χ3v) is 5.94. The summed E-state index contributed by atoms with van der Waals surface area (Å²) in [5.74, 6) is -0.0383. The molecule has 0 fully saturated rings. The number of carbonyl (C=O) groups excluding carboxylic acids is 1. The monoisotopic (exact) mass is 497 g/mol. The van der Waals surface area contributed by atoms with Gasteiger partial charge in [-0.25, -0.2) is 0 Å². The molecule has 0 saturated heterocycles. The van der Waals surface area contributed by atoms with Crippen LogP contribution in [0.25, 0.3) is 5.76 Å². The van der Waals surface area contributed by atoms with E-state index in [0.29, 0.717) is 22.8 Å². The van der Waals surface area contributed by atoms with Crippen molar-refractivity contribution in [3.63, 3.8) is 0 Å². The number of hydrogen-bond acceptors (Lipinski definition) is 5. The number of methoxy groups -OCH3 is 1. The quantitative estimate of drug-likeness (QED) is 0.272. The third kappa shape index (κ3) is 4.83. The lowest BCUT2D eigenvalue weighted by Crippen LogP contribution is -3.00. The van der Waals surface area contributed by atoms with E-state index >= 15 is 0 Å². The fourth-order valence-corrected chi connectivity index (χ4v) is 4.16. The molecule has 26 heavy (non-hydrogen) atoms. The lowest BCUT2D eigenvalue weighted by Gasteiger charge is -2.46. The first-order valence-corrected chi connectivity index (χ1v) is 9.58. The molecule has 1 heterocycles. The molecular formula is C17H28IN3O4S. The second-order valence-corrected chi connectivity index (χ2v) is 9.04. The van der Waals surface area contributed by atoms with E-state index in [2.05, 4.69) is 26.5 Å². The number of amides is 1. The molecule has 9 heteroatoms. The zero-order chi connectivity index (χ0) is 18.8. The first-order valence-electron chi connectivity index (χ1n) is 8.08. The average Bonchev–Trinajstić information content (AvgIpc) is 2.54. The Bertz CT molecular complexity index is 689. The Kier molecular flexibility index (Phi) is 7.78. The molecule has 2 rings (SSSR count). The maximum atomic E-state index is 12.7. The summed E-state index contributed by atoms with van der Waals surface area (Å²) in [6.07, 6.45) is 0.821. The summed E-state index contributed by atoms with van der Waals surface area (Å²) >= 11 is 0. The highest BCUT2D eigenvalue weighted by molar-refractivity contribution is 8.22. The number of likely N-dealkylation sites (N-methyl/N-ethyl adjacent to an activating group) is 1. The van der Waals surface area contributed by atoms with E-state index in [-0.39, 0.29) is 35.6 Å². The molecular weight excluding hydrogens is 469 g/mol. The van der Waals surface area contributed by atoms with Crippen LogP contribution in [0, 0.1) is 0 Å². The second kappa shape index (κ2) is 8.79. The number of fused-ring (bicyclic) bond motifs is 1. The van der Waals surface area contributed by atoms with Crippen LogP contribution in [0.3, 0.4) is 0 Å². The van der Waals surface area contributed by atoms with Crippen molar-refractivity contribution in [2.45, 2.75) is 11.3 Å². The number of nitrogens with one attached hydrogen (secondary N) is 1. The number of carbonyl (C=O) groups is 1. The van der Waals surface area contributed by atoms with Crippen LogP contribution in [0.4, 0.5) is 0 Å². The van der Waals surface area contributed by atoms with Crippen LogP contribution >= 0.6 is 10.8 Å². The van der Waals surface area contributed by atoms with Crippen molar-refractivity contribution in [1.29, 1.82) is 0 Å². The summed E-state index contributed by atoms with van der Waals surface area (Å²) in [7, 11) is 5.96. The molecule has 1 amide bonds. The lowest BCUT2D eigenvalue weighted by atomic mass is 10.1. The van der Waals surface area contributed by atoms with Crippen molar-refractivity contribution in [3.8, 4) is 0 Å². The summed E-state index contributed by atoms with van der Waals surface area (Å²) in [6, 6.07) is 6.86. The summed E-state index contributed by atoms with van der Waals surface area (Å²) in [5.41, 5.74) is 0.658. The molecule has 1 aromatic carbocycles. The minimum atomic E-state index is -3.28. The highest BCUT2D eigenvalue weighted by atomic mass is 127. The van der Waals surface area contributed by atoms with Crippen molar-refractivity contribution >= 4 is 22.4 Å². The molecule has 0 saturated carbocycles. The van der Waals surface area contributed by atoms with Gasteiger partial charge in [0.25, 0.3) is 5.91 Å². The van der Waals surface area contributed by atoms with Gasteiger partial charge in [0, 0.05) is 25.6 Å². The van der Waals surface area contributed by atoms with Gasteiger partial charge in [-0.3, -0.25) is 18.2 Å². The third-order valence-electron chi connectivity index (χ3n) is 4.05. The SMILES string of the molecule is COC1=C(C(=O)NCCC[N+](C)(C)C)N(C)S(O)(O)c2ccccc21.[I-]. The average molecular weight is 497 g/mol. The van der Waals surface area contributed by atoms with Crippen LogP contribution in [-0.2, 0) is 9.53 Å². The van der Waals surface area contributed by atoms with E-state index in [1.54, 1.807) is 24.3 Å². The van der Waals surface area contributed by atoms with E-state index in [0.717, 1.165) is 17.4 Å². The Morgan fingerprint density at radius 1 is 1.27 bits per heavy atom. The molecule has 0 aromatic heterocycles. The highest BCUT2D eigenvalue weighted by Gasteiger charge is 2.38. The smallest absolute Gasteiger partial charge is 0.273 e. The summed E-state index contributed by atoms with van der Waals surface area (Å²) in [6.45, 7) is 1.42. The van der Waals surface area contributed by atoms with Gasteiger partial charge in [0.2, 0.25) is 0 Å². The van der Waals surface area contributed by atoms with Crippen LogP contribution < -0.4 is 29.3 Å². The Morgan fingerprint density at radius 2 is 1.88 bits per heavy atom. The lowest BCUT2D eigenvalue weighted by molar-refractivity contribution is -0.870. The van der Waals surface area contributed by atoms with Gasteiger partial charge in [-0.05, 0) is 12.1 Å². The molecule has 3 N–H and O–H groups in total. The van der Waals surface area contributed by atoms with Gasteiger partial charge in [-0.1, -0.05) is 22.9 Å². The molecule has 148 valence electrons. The molecule has 1 aliphatic heterocycles. The second-order valence-electron chi connectivity index (χ2n) is 7.02. The van der Waals surface area contributed by atoms with E-state index in [1.165, 1.54) is 18.5 Å². The zero-order valence-corrected chi connectivity index (χ0v) is 18.8. The number of rotatable bonds is 6. The largest absolute Gasteiger partial charge is 1.00 e. The molecule has 0 bridgehead atoms. The number of quaternary nitrogens is 1. The van der Waals surface area contributed by atoms with E-state index in [9.17, 15) is 13.9 Å². The number of benzene rings is 1. The van der Waals surface area contributed by atoms with Gasteiger partial charge in [-0.2, -0.15) is 0 Å². The molecule has 0 aliphatic carbocycles. The molecule has 0 spiro atoms. The Balaban J connectivity index is 0.00000338. The normalized spacial score (nSPS) is 17.1. The molecule has 1 aromatic rings. The van der Waals surface area contributed by atoms with Crippen LogP contribution in [0.5, 0.6) is 0 Å². The Hall–Kier alpha value is -1.01. The van der Waals surface area contributed by atoms with Crippen LogP contribution in [0.1, 0.15) is 12.0 Å². The number of hydrogen-bond donors (Lipinski definition) is 3. The predicted octanol–water partition coefficient (Wildman–Crippen LogP) is -0.812. The summed E-state index contributed by atoms with van der Waals surface area (Å²) < 4.78 is 28.7. The van der Waals surface area contributed by atoms with Crippen molar-refractivity contribution in [2.24, 2.45) is 0 Å². The van der Waals surface area contributed by atoms with Gasteiger partial charge in [0.1, 0.15) is 0 Å². The van der Waals surface area contributed by atoms with Gasteiger partial charge < -0.3 is 38.5 Å². The Morgan fingerprint density at radius 3 is 2.46 bits per heavy atom. The molecule has 1 aliphatic rings.